The third kappa shape index (κ3) is 1.72. The zero-order valence-electron chi connectivity index (χ0n) is 17.0. The summed E-state index contributed by atoms with van der Waals surface area (Å²) < 4.78 is 24.4. The van der Waals surface area contributed by atoms with Gasteiger partial charge in [-0.2, -0.15) is 0 Å². The van der Waals surface area contributed by atoms with Crippen LogP contribution in [-0.4, -0.2) is 59.2 Å². The number of carbonyl (C=O) groups is 1. The molecule has 7 heteroatoms. The van der Waals surface area contributed by atoms with Gasteiger partial charge < -0.3 is 24.1 Å². The first-order valence-electron chi connectivity index (χ1n) is 10.6. The minimum atomic E-state index is -0.772. The minimum absolute atomic E-state index is 0.0237. The zero-order chi connectivity index (χ0) is 20.3. The van der Waals surface area contributed by atoms with Gasteiger partial charge in [0.1, 0.15) is 5.76 Å². The molecule has 1 unspecified atom stereocenters. The van der Waals surface area contributed by atoms with Crippen molar-refractivity contribution >= 4 is 5.97 Å². The monoisotopic (exact) mass is 401 g/mol. The van der Waals surface area contributed by atoms with Crippen molar-refractivity contribution in [3.8, 4) is 0 Å². The second kappa shape index (κ2) is 5.45. The fourth-order valence-corrected chi connectivity index (χ4v) is 7.58. The van der Waals surface area contributed by atoms with E-state index < -0.39 is 23.4 Å². The van der Waals surface area contributed by atoms with Gasteiger partial charge in [-0.05, 0) is 32.7 Å². The lowest BCUT2D eigenvalue weighted by atomic mass is 9.68. The van der Waals surface area contributed by atoms with Crippen LogP contribution in [-0.2, 0) is 23.7 Å². The molecule has 0 aromatic rings. The van der Waals surface area contributed by atoms with Gasteiger partial charge in [0, 0.05) is 17.9 Å². The molecule has 0 aromatic carbocycles. The van der Waals surface area contributed by atoms with Gasteiger partial charge in [-0.25, -0.2) is 4.79 Å². The van der Waals surface area contributed by atoms with Crippen molar-refractivity contribution in [1.82, 2.24) is 4.90 Å². The first kappa shape index (κ1) is 18.0. The predicted octanol–water partition coefficient (Wildman–Crippen LogP) is 1.84. The summed E-state index contributed by atoms with van der Waals surface area (Å²) in [5.41, 5.74) is 0.0491. The molecule has 0 aliphatic carbocycles. The molecular formula is C22H27NO6. The lowest BCUT2D eigenvalue weighted by molar-refractivity contribution is -0.256. The molecule has 5 bridgehead atoms. The van der Waals surface area contributed by atoms with E-state index in [0.717, 1.165) is 19.4 Å². The van der Waals surface area contributed by atoms with Crippen molar-refractivity contribution in [2.75, 3.05) is 13.7 Å². The highest BCUT2D eigenvalue weighted by Crippen LogP contribution is 2.73. The summed E-state index contributed by atoms with van der Waals surface area (Å²) in [6.07, 6.45) is 3.58. The second-order valence-electron chi connectivity index (χ2n) is 9.25. The number of hydrogen-bond acceptors (Lipinski definition) is 7. The van der Waals surface area contributed by atoms with E-state index in [1.165, 1.54) is 0 Å². The topological polar surface area (TPSA) is 77.5 Å². The first-order valence-corrected chi connectivity index (χ1v) is 10.6. The third-order valence-electron chi connectivity index (χ3n) is 8.40. The Hall–Kier alpha value is -1.83. The van der Waals surface area contributed by atoms with Crippen LogP contribution in [0.15, 0.2) is 35.5 Å². The van der Waals surface area contributed by atoms with Crippen LogP contribution in [0.3, 0.4) is 0 Å². The van der Waals surface area contributed by atoms with Crippen LogP contribution in [0.25, 0.3) is 0 Å². The van der Waals surface area contributed by atoms with Crippen molar-refractivity contribution < 1.29 is 28.8 Å². The maximum absolute atomic E-state index is 12.2. The standard InChI is InChI=1S/C22H27NO6/c1-5-6-14(24)21-13-7-8-23(21)12-9-15(21)28-22(13)16(12)10(2)18(29-22)19-17(26-4)11(3)20(25)27-19/h5,10,12-16,24H,1,6-9H2,2-4H3/b19-18-/t10-,12-,13-,14-,15+,16+,21+,22+/m0/s1. The van der Waals surface area contributed by atoms with Gasteiger partial charge in [0.05, 0.1) is 36.3 Å². The Bertz CT molecular complexity index is 894. The molecule has 29 heavy (non-hydrogen) atoms. The van der Waals surface area contributed by atoms with E-state index in [9.17, 15) is 9.90 Å². The van der Waals surface area contributed by atoms with Crippen molar-refractivity contribution in [2.45, 2.75) is 62.7 Å². The molecule has 7 nitrogen and oxygen atoms in total. The van der Waals surface area contributed by atoms with Crippen LogP contribution in [0.5, 0.6) is 0 Å². The van der Waals surface area contributed by atoms with Gasteiger partial charge in [0.2, 0.25) is 11.5 Å². The van der Waals surface area contributed by atoms with Crippen molar-refractivity contribution in [2.24, 2.45) is 17.8 Å². The number of allylic oxidation sites excluding steroid dienone is 1. The molecule has 0 radical (unpaired) electrons. The Balaban J connectivity index is 1.48. The summed E-state index contributed by atoms with van der Waals surface area (Å²) in [5, 5.41) is 11.2. The summed E-state index contributed by atoms with van der Waals surface area (Å²) in [6, 6.07) is 0.285. The van der Waals surface area contributed by atoms with Crippen LogP contribution in [0, 0.1) is 17.8 Å². The van der Waals surface area contributed by atoms with Crippen molar-refractivity contribution in [1.29, 1.82) is 0 Å². The first-order chi connectivity index (χ1) is 13.9. The summed E-state index contributed by atoms with van der Waals surface area (Å²) in [6.45, 7) is 8.62. The van der Waals surface area contributed by atoms with Crippen molar-refractivity contribution in [3.05, 3.63) is 35.5 Å². The molecule has 5 fully saturated rings. The van der Waals surface area contributed by atoms with Crippen LogP contribution >= 0.6 is 0 Å². The number of rotatable bonds is 4. The molecule has 0 aromatic heterocycles. The summed E-state index contributed by atoms with van der Waals surface area (Å²) in [7, 11) is 1.54. The summed E-state index contributed by atoms with van der Waals surface area (Å²) >= 11 is 0. The highest BCUT2D eigenvalue weighted by atomic mass is 16.7. The Labute approximate surface area is 169 Å². The zero-order valence-corrected chi connectivity index (χ0v) is 17.0. The fourth-order valence-electron chi connectivity index (χ4n) is 7.58. The number of piperidine rings is 1. The van der Waals surface area contributed by atoms with Crippen LogP contribution in [0.4, 0.5) is 0 Å². The van der Waals surface area contributed by atoms with Gasteiger partial charge >= 0.3 is 5.97 Å². The number of esters is 1. The van der Waals surface area contributed by atoms with E-state index in [1.807, 2.05) is 0 Å². The maximum Gasteiger partial charge on any atom is 0.343 e. The third-order valence-corrected chi connectivity index (χ3v) is 8.40. The van der Waals surface area contributed by atoms with E-state index in [2.05, 4.69) is 18.4 Å². The molecule has 1 N–H and O–H groups in total. The molecule has 6 aliphatic heterocycles. The average molecular weight is 401 g/mol. The van der Waals surface area contributed by atoms with E-state index in [4.69, 9.17) is 18.9 Å². The maximum atomic E-state index is 12.2. The van der Waals surface area contributed by atoms with Gasteiger partial charge in [-0.15, -0.1) is 6.58 Å². The number of hydrogen-bond donors (Lipinski definition) is 1. The normalized spacial score (nSPS) is 52.1. The number of cyclic esters (lactones) is 1. The van der Waals surface area contributed by atoms with Gasteiger partial charge in [-0.3, -0.25) is 4.90 Å². The van der Waals surface area contributed by atoms with E-state index >= 15 is 0 Å². The molecule has 5 saturated heterocycles. The number of aliphatic hydroxyl groups is 1. The average Bonchev–Trinajstić information content (AvgIpc) is 3.40. The number of nitrogens with zero attached hydrogens (tertiary/aromatic N) is 1. The number of ether oxygens (including phenoxy) is 4. The number of fused-ring (bicyclic) bond motifs is 1. The minimum Gasteiger partial charge on any atom is -0.492 e. The lowest BCUT2D eigenvalue weighted by Crippen LogP contribution is -2.65. The Kier molecular flexibility index (Phi) is 3.38. The molecule has 0 saturated carbocycles. The number of carbonyl (C=O) groups excluding carboxylic acids is 1. The highest BCUT2D eigenvalue weighted by Gasteiger charge is 2.85. The SMILES string of the molecule is C=CC[C@H](O)[C@@]12[C@@H]3CCN1[C@H]1C[C@H]2O[C@@]32O/C(=C3\OC(=O)C(C)=C3OC)[C@@H](C)[C@H]12. The largest absolute Gasteiger partial charge is 0.492 e. The van der Waals surface area contributed by atoms with Gasteiger partial charge in [-0.1, -0.05) is 13.0 Å². The Morgan fingerprint density at radius 3 is 3.00 bits per heavy atom. The Morgan fingerprint density at radius 1 is 1.48 bits per heavy atom. The van der Waals surface area contributed by atoms with Crippen LogP contribution < -0.4 is 0 Å². The molecule has 156 valence electrons. The molecule has 1 spiro atoms. The number of aliphatic hydroxyl groups excluding tert-OH is 1. The van der Waals surface area contributed by atoms with E-state index in [-0.39, 0.29) is 29.9 Å². The quantitative estimate of drug-likeness (QED) is 0.569. The summed E-state index contributed by atoms with van der Waals surface area (Å²) in [5.74, 6) is 0.547. The highest BCUT2D eigenvalue weighted by molar-refractivity contribution is 5.93. The lowest BCUT2D eigenvalue weighted by Gasteiger charge is -2.49. The van der Waals surface area contributed by atoms with Crippen LogP contribution in [0.2, 0.25) is 0 Å². The van der Waals surface area contributed by atoms with Crippen LogP contribution in [0.1, 0.15) is 33.1 Å². The number of methoxy groups -OCH3 is 1. The molecule has 6 rings (SSSR count). The van der Waals surface area contributed by atoms with E-state index in [1.54, 1.807) is 20.1 Å². The predicted molar refractivity (Wildman–Crippen MR) is 101 cm³/mol. The van der Waals surface area contributed by atoms with Crippen molar-refractivity contribution in [3.63, 3.8) is 0 Å². The molecule has 0 amide bonds. The van der Waals surface area contributed by atoms with Gasteiger partial charge in [0.15, 0.2) is 5.76 Å². The molecule has 6 heterocycles. The molecular weight excluding hydrogens is 374 g/mol. The smallest absolute Gasteiger partial charge is 0.343 e. The fraction of sp³-hybridized carbons (Fsp3) is 0.682. The molecule has 6 aliphatic rings. The molecule has 9 atom stereocenters. The van der Waals surface area contributed by atoms with Gasteiger partial charge in [0.25, 0.3) is 0 Å². The second-order valence-corrected chi connectivity index (χ2v) is 9.25. The summed E-state index contributed by atoms with van der Waals surface area (Å²) in [4.78, 5) is 14.7. The van der Waals surface area contributed by atoms with E-state index in [0.29, 0.717) is 29.3 Å². The Morgan fingerprint density at radius 2 is 2.28 bits per heavy atom.